The molecule has 1 heterocycles. The summed E-state index contributed by atoms with van der Waals surface area (Å²) in [4.78, 5) is 3.86. The SMILES string of the molecule is CC1CCN(CCSc2ccccc2)CC1N. The zero-order valence-corrected chi connectivity index (χ0v) is 11.3. The number of nitrogens with zero attached hydrogens (tertiary/aromatic N) is 1. The van der Waals surface area contributed by atoms with Crippen molar-refractivity contribution in [3.05, 3.63) is 30.3 Å². The van der Waals surface area contributed by atoms with Gasteiger partial charge in [0.25, 0.3) is 0 Å². The van der Waals surface area contributed by atoms with Crippen molar-refractivity contribution >= 4 is 11.8 Å². The zero-order valence-electron chi connectivity index (χ0n) is 10.5. The largest absolute Gasteiger partial charge is 0.326 e. The van der Waals surface area contributed by atoms with Crippen LogP contribution < -0.4 is 5.73 Å². The molecule has 2 nitrogen and oxygen atoms in total. The average molecular weight is 250 g/mol. The maximum Gasteiger partial charge on any atom is 0.0194 e. The smallest absolute Gasteiger partial charge is 0.0194 e. The van der Waals surface area contributed by atoms with E-state index < -0.39 is 0 Å². The Morgan fingerprint density at radius 3 is 2.82 bits per heavy atom. The Morgan fingerprint density at radius 2 is 2.12 bits per heavy atom. The van der Waals surface area contributed by atoms with E-state index in [-0.39, 0.29) is 0 Å². The van der Waals surface area contributed by atoms with Crippen LogP contribution in [0.5, 0.6) is 0 Å². The van der Waals surface area contributed by atoms with Crippen molar-refractivity contribution < 1.29 is 0 Å². The summed E-state index contributed by atoms with van der Waals surface area (Å²) in [5.74, 6) is 1.85. The molecule has 0 amide bonds. The lowest BCUT2D eigenvalue weighted by Crippen LogP contribution is -2.48. The lowest BCUT2D eigenvalue weighted by Gasteiger charge is -2.34. The maximum absolute atomic E-state index is 6.10. The van der Waals surface area contributed by atoms with Crippen LogP contribution in [-0.4, -0.2) is 36.3 Å². The van der Waals surface area contributed by atoms with Gasteiger partial charge in [-0.2, -0.15) is 0 Å². The standard InChI is InChI=1S/C14H22N2S/c1-12-7-8-16(11-14(12)15)9-10-17-13-5-3-2-4-6-13/h2-6,12,14H,7-11,15H2,1H3. The quantitative estimate of drug-likeness (QED) is 0.832. The predicted molar refractivity (Wildman–Crippen MR) is 75.4 cm³/mol. The second-order valence-corrected chi connectivity index (χ2v) is 6.06. The molecule has 1 aromatic rings. The van der Waals surface area contributed by atoms with Crippen molar-refractivity contribution in [3.8, 4) is 0 Å². The summed E-state index contributed by atoms with van der Waals surface area (Å²) in [6, 6.07) is 11.0. The number of piperidine rings is 1. The summed E-state index contributed by atoms with van der Waals surface area (Å²) in [5, 5.41) is 0. The van der Waals surface area contributed by atoms with Crippen molar-refractivity contribution in [1.29, 1.82) is 0 Å². The second kappa shape index (κ2) is 6.43. The van der Waals surface area contributed by atoms with Crippen molar-refractivity contribution in [3.63, 3.8) is 0 Å². The van der Waals surface area contributed by atoms with E-state index in [4.69, 9.17) is 5.73 Å². The van der Waals surface area contributed by atoms with Gasteiger partial charge in [-0.25, -0.2) is 0 Å². The molecule has 1 aliphatic rings. The molecule has 2 N–H and O–H groups in total. The van der Waals surface area contributed by atoms with Crippen LogP contribution in [0, 0.1) is 5.92 Å². The van der Waals surface area contributed by atoms with E-state index in [0.29, 0.717) is 12.0 Å². The highest BCUT2D eigenvalue weighted by Gasteiger charge is 2.22. The number of likely N-dealkylation sites (tertiary alicyclic amines) is 1. The number of rotatable bonds is 4. The number of thioether (sulfide) groups is 1. The van der Waals surface area contributed by atoms with Gasteiger partial charge < -0.3 is 10.6 Å². The number of benzene rings is 1. The summed E-state index contributed by atoms with van der Waals surface area (Å²) in [5.41, 5.74) is 6.10. The fourth-order valence-corrected chi connectivity index (χ4v) is 3.12. The van der Waals surface area contributed by atoms with Gasteiger partial charge in [0.1, 0.15) is 0 Å². The van der Waals surface area contributed by atoms with Crippen LogP contribution in [0.4, 0.5) is 0 Å². The zero-order chi connectivity index (χ0) is 12.1. The third kappa shape index (κ3) is 4.02. The van der Waals surface area contributed by atoms with Crippen LogP contribution >= 0.6 is 11.8 Å². The Morgan fingerprint density at radius 1 is 1.35 bits per heavy atom. The highest BCUT2D eigenvalue weighted by atomic mass is 32.2. The minimum absolute atomic E-state index is 0.366. The number of hydrogen-bond acceptors (Lipinski definition) is 3. The fourth-order valence-electron chi connectivity index (χ4n) is 2.18. The second-order valence-electron chi connectivity index (χ2n) is 4.89. The molecule has 0 aromatic heterocycles. The third-order valence-electron chi connectivity index (χ3n) is 3.52. The molecular weight excluding hydrogens is 228 g/mol. The van der Waals surface area contributed by atoms with Gasteiger partial charge in [0.05, 0.1) is 0 Å². The van der Waals surface area contributed by atoms with E-state index in [2.05, 4.69) is 42.2 Å². The highest BCUT2D eigenvalue weighted by molar-refractivity contribution is 7.99. The molecule has 0 saturated carbocycles. The number of nitrogens with two attached hydrogens (primary N) is 1. The summed E-state index contributed by atoms with van der Waals surface area (Å²) < 4.78 is 0. The minimum Gasteiger partial charge on any atom is -0.326 e. The minimum atomic E-state index is 0.366. The molecule has 17 heavy (non-hydrogen) atoms. The summed E-state index contributed by atoms with van der Waals surface area (Å²) in [6.07, 6.45) is 1.25. The van der Waals surface area contributed by atoms with Crippen LogP contribution in [0.1, 0.15) is 13.3 Å². The van der Waals surface area contributed by atoms with E-state index in [0.717, 1.165) is 18.8 Å². The Kier molecular flexibility index (Phi) is 4.89. The fraction of sp³-hybridized carbons (Fsp3) is 0.571. The van der Waals surface area contributed by atoms with Crippen molar-refractivity contribution in [2.45, 2.75) is 24.3 Å². The molecule has 2 unspecified atom stereocenters. The first kappa shape index (κ1) is 12.9. The molecule has 2 atom stereocenters. The molecule has 1 fully saturated rings. The van der Waals surface area contributed by atoms with E-state index >= 15 is 0 Å². The van der Waals surface area contributed by atoms with E-state index in [9.17, 15) is 0 Å². The summed E-state index contributed by atoms with van der Waals surface area (Å²) in [6.45, 7) is 5.70. The summed E-state index contributed by atoms with van der Waals surface area (Å²) in [7, 11) is 0. The monoisotopic (exact) mass is 250 g/mol. The van der Waals surface area contributed by atoms with Crippen molar-refractivity contribution in [2.24, 2.45) is 11.7 Å². The molecule has 3 heteroatoms. The molecule has 0 aliphatic carbocycles. The molecule has 1 aliphatic heterocycles. The first-order chi connectivity index (χ1) is 8.25. The molecule has 0 bridgehead atoms. The third-order valence-corrected chi connectivity index (χ3v) is 4.51. The molecule has 94 valence electrons. The molecule has 2 rings (SSSR count). The molecule has 0 radical (unpaired) electrons. The van der Waals surface area contributed by atoms with Crippen LogP contribution in [-0.2, 0) is 0 Å². The Labute approximate surface area is 109 Å². The van der Waals surface area contributed by atoms with Gasteiger partial charge in [0, 0.05) is 29.8 Å². The summed E-state index contributed by atoms with van der Waals surface area (Å²) >= 11 is 1.93. The first-order valence-electron chi connectivity index (χ1n) is 6.41. The highest BCUT2D eigenvalue weighted by Crippen LogP contribution is 2.19. The molecule has 0 spiro atoms. The molecule has 1 saturated heterocycles. The molecular formula is C14H22N2S. The van der Waals surface area contributed by atoms with Crippen molar-refractivity contribution in [1.82, 2.24) is 4.90 Å². The Hall–Kier alpha value is -0.510. The first-order valence-corrected chi connectivity index (χ1v) is 7.40. The van der Waals surface area contributed by atoms with Crippen LogP contribution in [0.25, 0.3) is 0 Å². The normalized spacial score (nSPS) is 26.0. The van der Waals surface area contributed by atoms with Gasteiger partial charge in [-0.05, 0) is 31.0 Å². The number of hydrogen-bond donors (Lipinski definition) is 1. The van der Waals surface area contributed by atoms with Gasteiger partial charge >= 0.3 is 0 Å². The van der Waals surface area contributed by atoms with E-state index in [1.54, 1.807) is 0 Å². The van der Waals surface area contributed by atoms with E-state index in [1.165, 1.54) is 17.9 Å². The van der Waals surface area contributed by atoms with E-state index in [1.807, 2.05) is 11.8 Å². The van der Waals surface area contributed by atoms with Crippen LogP contribution in [0.2, 0.25) is 0 Å². The van der Waals surface area contributed by atoms with Gasteiger partial charge in [0.2, 0.25) is 0 Å². The topological polar surface area (TPSA) is 29.3 Å². The molecule has 1 aromatic carbocycles. The Bertz CT molecular complexity index is 328. The lowest BCUT2D eigenvalue weighted by atomic mass is 9.94. The van der Waals surface area contributed by atoms with Gasteiger partial charge in [-0.15, -0.1) is 11.8 Å². The van der Waals surface area contributed by atoms with Gasteiger partial charge in [-0.1, -0.05) is 25.1 Å². The van der Waals surface area contributed by atoms with Gasteiger partial charge in [0.15, 0.2) is 0 Å². The van der Waals surface area contributed by atoms with Crippen molar-refractivity contribution in [2.75, 3.05) is 25.4 Å². The van der Waals surface area contributed by atoms with Crippen LogP contribution in [0.3, 0.4) is 0 Å². The Balaban J connectivity index is 1.69. The average Bonchev–Trinajstić information content (AvgIpc) is 2.35. The van der Waals surface area contributed by atoms with Crippen LogP contribution in [0.15, 0.2) is 35.2 Å². The predicted octanol–water partition coefficient (Wildman–Crippen LogP) is 2.45. The van der Waals surface area contributed by atoms with Gasteiger partial charge in [-0.3, -0.25) is 0 Å². The lowest BCUT2D eigenvalue weighted by molar-refractivity contribution is 0.178. The maximum atomic E-state index is 6.10.